The van der Waals surface area contributed by atoms with E-state index in [1.165, 1.54) is 11.8 Å². The lowest BCUT2D eigenvalue weighted by Crippen LogP contribution is -2.47. The Morgan fingerprint density at radius 2 is 2.12 bits per heavy atom. The van der Waals surface area contributed by atoms with Crippen molar-refractivity contribution in [3.63, 3.8) is 0 Å². The first-order valence-corrected chi connectivity index (χ1v) is 9.26. The SMILES string of the molecule is C=CCn1c(SCC(=O)N2CCN(C)CC2)nnc1-c1ccoc1C. The van der Waals surface area contributed by atoms with E-state index in [2.05, 4.69) is 28.7 Å². The molecule has 8 heteroatoms. The quantitative estimate of drug-likeness (QED) is 0.578. The van der Waals surface area contributed by atoms with Crippen molar-refractivity contribution < 1.29 is 9.21 Å². The molecule has 1 aliphatic heterocycles. The van der Waals surface area contributed by atoms with Gasteiger partial charge in [-0.3, -0.25) is 9.36 Å². The number of hydrogen-bond donors (Lipinski definition) is 0. The van der Waals surface area contributed by atoms with Crippen LogP contribution in [0.15, 0.2) is 34.6 Å². The number of likely N-dealkylation sites (N-methyl/N-ethyl adjacent to an activating group) is 1. The minimum absolute atomic E-state index is 0.146. The highest BCUT2D eigenvalue weighted by Gasteiger charge is 2.21. The van der Waals surface area contributed by atoms with Gasteiger partial charge in [0.1, 0.15) is 5.76 Å². The minimum atomic E-state index is 0.146. The standard InChI is InChI=1S/C17H23N5O2S/c1-4-6-22-16(14-5-11-24-13(14)2)18-19-17(22)25-12-15(23)21-9-7-20(3)8-10-21/h4-5,11H,1,6-10,12H2,2-3H3. The second kappa shape index (κ2) is 7.88. The fourth-order valence-electron chi connectivity index (χ4n) is 2.78. The lowest BCUT2D eigenvalue weighted by molar-refractivity contribution is -0.129. The van der Waals surface area contributed by atoms with Crippen LogP contribution in [0.5, 0.6) is 0 Å². The molecule has 0 unspecified atom stereocenters. The van der Waals surface area contributed by atoms with Crippen molar-refractivity contribution in [3.8, 4) is 11.4 Å². The van der Waals surface area contributed by atoms with Crippen LogP contribution in [0.25, 0.3) is 11.4 Å². The van der Waals surface area contributed by atoms with Crippen LogP contribution in [0.2, 0.25) is 0 Å². The third kappa shape index (κ3) is 3.96. The molecule has 0 aromatic carbocycles. The summed E-state index contributed by atoms with van der Waals surface area (Å²) in [6, 6.07) is 1.88. The van der Waals surface area contributed by atoms with Crippen molar-refractivity contribution in [1.82, 2.24) is 24.6 Å². The number of carbonyl (C=O) groups is 1. The number of piperazine rings is 1. The van der Waals surface area contributed by atoms with E-state index in [1.807, 2.05) is 22.5 Å². The second-order valence-corrected chi connectivity index (χ2v) is 7.01. The Morgan fingerprint density at radius 3 is 2.76 bits per heavy atom. The average molecular weight is 361 g/mol. The van der Waals surface area contributed by atoms with Gasteiger partial charge in [-0.1, -0.05) is 17.8 Å². The Labute approximate surface area is 151 Å². The van der Waals surface area contributed by atoms with E-state index in [1.54, 1.807) is 12.3 Å². The maximum atomic E-state index is 12.4. The van der Waals surface area contributed by atoms with Crippen molar-refractivity contribution in [3.05, 3.63) is 30.7 Å². The molecule has 1 aliphatic rings. The number of hydrogen-bond acceptors (Lipinski definition) is 6. The zero-order valence-corrected chi connectivity index (χ0v) is 15.5. The van der Waals surface area contributed by atoms with Gasteiger partial charge in [-0.05, 0) is 20.0 Å². The molecular formula is C17H23N5O2S. The number of nitrogens with zero attached hydrogens (tertiary/aromatic N) is 5. The van der Waals surface area contributed by atoms with Gasteiger partial charge in [0, 0.05) is 32.7 Å². The van der Waals surface area contributed by atoms with E-state index in [-0.39, 0.29) is 5.91 Å². The number of aryl methyl sites for hydroxylation is 1. The molecular weight excluding hydrogens is 338 g/mol. The van der Waals surface area contributed by atoms with Gasteiger partial charge in [0.15, 0.2) is 11.0 Å². The Morgan fingerprint density at radius 1 is 1.36 bits per heavy atom. The summed E-state index contributed by atoms with van der Waals surface area (Å²) in [5.41, 5.74) is 0.909. The third-order valence-electron chi connectivity index (χ3n) is 4.31. The number of rotatable bonds is 6. The molecule has 1 amide bonds. The lowest BCUT2D eigenvalue weighted by atomic mass is 10.2. The molecule has 1 fully saturated rings. The Bertz CT molecular complexity index is 746. The van der Waals surface area contributed by atoms with Crippen LogP contribution in [0, 0.1) is 6.92 Å². The highest BCUT2D eigenvalue weighted by atomic mass is 32.2. The molecule has 0 spiro atoms. The van der Waals surface area contributed by atoms with Crippen molar-refractivity contribution in [2.24, 2.45) is 0 Å². The molecule has 134 valence electrons. The average Bonchev–Trinajstić information content (AvgIpc) is 3.19. The first-order chi connectivity index (χ1) is 12.1. The summed E-state index contributed by atoms with van der Waals surface area (Å²) in [7, 11) is 2.08. The zero-order valence-electron chi connectivity index (χ0n) is 14.6. The normalized spacial score (nSPS) is 15.5. The maximum Gasteiger partial charge on any atom is 0.233 e. The van der Waals surface area contributed by atoms with Crippen molar-refractivity contribution in [2.75, 3.05) is 39.0 Å². The molecule has 3 rings (SSSR count). The fourth-order valence-corrected chi connectivity index (χ4v) is 3.63. The lowest BCUT2D eigenvalue weighted by Gasteiger charge is -2.32. The molecule has 3 heterocycles. The van der Waals surface area contributed by atoms with Crippen LogP contribution in [0.3, 0.4) is 0 Å². The molecule has 7 nitrogen and oxygen atoms in total. The monoisotopic (exact) mass is 361 g/mol. The van der Waals surface area contributed by atoms with E-state index >= 15 is 0 Å². The van der Waals surface area contributed by atoms with Crippen LogP contribution in [-0.2, 0) is 11.3 Å². The predicted molar refractivity (Wildman–Crippen MR) is 97.5 cm³/mol. The van der Waals surface area contributed by atoms with E-state index < -0.39 is 0 Å². The predicted octanol–water partition coefficient (Wildman–Crippen LogP) is 1.90. The van der Waals surface area contributed by atoms with Gasteiger partial charge >= 0.3 is 0 Å². The summed E-state index contributed by atoms with van der Waals surface area (Å²) in [5.74, 6) is 2.04. The smallest absolute Gasteiger partial charge is 0.233 e. The number of aromatic nitrogens is 3. The summed E-state index contributed by atoms with van der Waals surface area (Å²) in [4.78, 5) is 16.6. The van der Waals surface area contributed by atoms with Gasteiger partial charge in [-0.2, -0.15) is 0 Å². The second-order valence-electron chi connectivity index (χ2n) is 6.07. The number of allylic oxidation sites excluding steroid dienone is 1. The van der Waals surface area contributed by atoms with Crippen LogP contribution >= 0.6 is 11.8 Å². The number of amides is 1. The minimum Gasteiger partial charge on any atom is -0.469 e. The number of carbonyl (C=O) groups excluding carboxylic acids is 1. The van der Waals surface area contributed by atoms with Gasteiger partial charge in [-0.15, -0.1) is 16.8 Å². The van der Waals surface area contributed by atoms with Crippen LogP contribution in [-0.4, -0.2) is 69.5 Å². The Kier molecular flexibility index (Phi) is 5.60. The van der Waals surface area contributed by atoms with Gasteiger partial charge in [0.05, 0.1) is 17.6 Å². The van der Waals surface area contributed by atoms with Gasteiger partial charge < -0.3 is 14.2 Å². The Hall–Kier alpha value is -2.06. The fraction of sp³-hybridized carbons (Fsp3) is 0.471. The largest absolute Gasteiger partial charge is 0.469 e. The van der Waals surface area contributed by atoms with Gasteiger partial charge in [-0.25, -0.2) is 0 Å². The summed E-state index contributed by atoms with van der Waals surface area (Å²) in [6.45, 7) is 9.70. The van der Waals surface area contributed by atoms with Crippen molar-refractivity contribution >= 4 is 17.7 Å². The molecule has 2 aromatic rings. The molecule has 25 heavy (non-hydrogen) atoms. The molecule has 0 radical (unpaired) electrons. The molecule has 1 saturated heterocycles. The first-order valence-electron chi connectivity index (χ1n) is 8.28. The summed E-state index contributed by atoms with van der Waals surface area (Å²) >= 11 is 1.42. The van der Waals surface area contributed by atoms with Crippen LogP contribution in [0.4, 0.5) is 0 Å². The molecule has 0 aliphatic carbocycles. The van der Waals surface area contributed by atoms with E-state index in [0.29, 0.717) is 12.3 Å². The van der Waals surface area contributed by atoms with E-state index in [4.69, 9.17) is 4.42 Å². The summed E-state index contributed by atoms with van der Waals surface area (Å²) in [5, 5.41) is 9.28. The number of furan rings is 1. The van der Waals surface area contributed by atoms with Gasteiger partial charge in [0.2, 0.25) is 5.91 Å². The zero-order chi connectivity index (χ0) is 17.8. The third-order valence-corrected chi connectivity index (χ3v) is 5.26. The van der Waals surface area contributed by atoms with Crippen LogP contribution in [0.1, 0.15) is 5.76 Å². The maximum absolute atomic E-state index is 12.4. The van der Waals surface area contributed by atoms with Crippen molar-refractivity contribution in [1.29, 1.82) is 0 Å². The topological polar surface area (TPSA) is 67.4 Å². The van der Waals surface area contributed by atoms with E-state index in [9.17, 15) is 4.79 Å². The summed E-state index contributed by atoms with van der Waals surface area (Å²) in [6.07, 6.45) is 3.44. The highest BCUT2D eigenvalue weighted by molar-refractivity contribution is 7.99. The first kappa shape index (κ1) is 17.8. The summed E-state index contributed by atoms with van der Waals surface area (Å²) < 4.78 is 7.33. The molecule has 0 saturated carbocycles. The van der Waals surface area contributed by atoms with Crippen molar-refractivity contribution in [2.45, 2.75) is 18.6 Å². The molecule has 0 atom stereocenters. The van der Waals surface area contributed by atoms with E-state index in [0.717, 1.165) is 48.5 Å². The van der Waals surface area contributed by atoms with Gasteiger partial charge in [0.25, 0.3) is 0 Å². The molecule has 0 N–H and O–H groups in total. The molecule has 2 aromatic heterocycles. The highest BCUT2D eigenvalue weighted by Crippen LogP contribution is 2.27. The molecule has 0 bridgehead atoms. The van der Waals surface area contributed by atoms with Crippen LogP contribution < -0.4 is 0 Å². The Balaban J connectivity index is 1.70. The number of thioether (sulfide) groups is 1.